The number of aromatic nitrogens is 2. The molecular weight excluding hydrogens is 278 g/mol. The molecule has 2 aromatic rings. The molecule has 5 nitrogen and oxygen atoms in total. The molecule has 0 aliphatic carbocycles. The van der Waals surface area contributed by atoms with E-state index in [0.717, 1.165) is 37.2 Å². The van der Waals surface area contributed by atoms with Crippen molar-refractivity contribution >= 4 is 5.97 Å². The number of aromatic carboxylic acids is 1. The molecule has 0 radical (unpaired) electrons. The first-order valence-electron chi connectivity index (χ1n) is 7.53. The molecule has 0 unspecified atom stereocenters. The van der Waals surface area contributed by atoms with Crippen molar-refractivity contribution in [3.05, 3.63) is 59.7 Å². The van der Waals surface area contributed by atoms with Crippen molar-refractivity contribution in [2.75, 3.05) is 13.1 Å². The predicted molar refractivity (Wildman–Crippen MR) is 82.7 cm³/mol. The zero-order valence-electron chi connectivity index (χ0n) is 12.4. The highest BCUT2D eigenvalue weighted by Gasteiger charge is 2.23. The van der Waals surface area contributed by atoms with Gasteiger partial charge in [-0.25, -0.2) is 14.8 Å². The normalized spacial score (nSPS) is 19.0. The number of carboxylic acids is 1. The zero-order valence-corrected chi connectivity index (χ0v) is 12.4. The minimum absolute atomic E-state index is 0.395. The molecule has 1 fully saturated rings. The Labute approximate surface area is 129 Å². The first-order chi connectivity index (χ1) is 10.7. The summed E-state index contributed by atoms with van der Waals surface area (Å²) >= 11 is 0. The molecule has 1 saturated heterocycles. The van der Waals surface area contributed by atoms with Gasteiger partial charge in [-0.05, 0) is 37.1 Å². The van der Waals surface area contributed by atoms with Gasteiger partial charge in [-0.3, -0.25) is 4.90 Å². The summed E-state index contributed by atoms with van der Waals surface area (Å²) < 4.78 is 0. The first-order valence-corrected chi connectivity index (χ1v) is 7.53. The highest BCUT2D eigenvalue weighted by molar-refractivity contribution is 5.89. The molecule has 5 heteroatoms. The highest BCUT2D eigenvalue weighted by Crippen LogP contribution is 2.26. The molecule has 1 N–H and O–H groups in total. The zero-order chi connectivity index (χ0) is 15.4. The molecule has 0 amide bonds. The summed E-state index contributed by atoms with van der Waals surface area (Å²) in [5.41, 5.74) is 2.34. The quantitative estimate of drug-likeness (QED) is 0.939. The minimum Gasteiger partial charge on any atom is -0.478 e. The third-order valence-corrected chi connectivity index (χ3v) is 4.17. The number of likely N-dealkylation sites (tertiary alicyclic amines) is 1. The number of benzene rings is 1. The van der Waals surface area contributed by atoms with Crippen LogP contribution in [0.5, 0.6) is 0 Å². The van der Waals surface area contributed by atoms with Crippen LogP contribution in [0.3, 0.4) is 0 Å². The van der Waals surface area contributed by atoms with Crippen molar-refractivity contribution in [3.8, 4) is 0 Å². The van der Waals surface area contributed by atoms with E-state index in [-0.39, 0.29) is 0 Å². The van der Waals surface area contributed by atoms with Crippen molar-refractivity contribution < 1.29 is 9.90 Å². The summed E-state index contributed by atoms with van der Waals surface area (Å²) in [5.74, 6) is -0.464. The van der Waals surface area contributed by atoms with E-state index in [1.54, 1.807) is 24.7 Å². The third-order valence-electron chi connectivity index (χ3n) is 4.17. The van der Waals surface area contributed by atoms with Gasteiger partial charge < -0.3 is 5.11 Å². The standard InChI is InChI=1S/C17H19N3O2/c21-17(22)15-6-2-1-4-13(15)10-20-9-3-5-14(11-20)16-7-8-18-12-19-16/h1-2,4,6-8,12,14H,3,5,9-11H2,(H,21,22)/t14-/m0/s1. The van der Waals surface area contributed by atoms with Gasteiger partial charge in [-0.15, -0.1) is 0 Å². The van der Waals surface area contributed by atoms with Gasteiger partial charge in [0.2, 0.25) is 0 Å². The lowest BCUT2D eigenvalue weighted by atomic mass is 9.94. The number of nitrogens with zero attached hydrogens (tertiary/aromatic N) is 3. The molecular formula is C17H19N3O2. The number of carbonyl (C=O) groups is 1. The van der Waals surface area contributed by atoms with Crippen LogP contribution in [0.4, 0.5) is 0 Å². The summed E-state index contributed by atoms with van der Waals surface area (Å²) in [5, 5.41) is 9.29. The lowest BCUT2D eigenvalue weighted by molar-refractivity contribution is 0.0694. The number of hydrogen-bond acceptors (Lipinski definition) is 4. The second-order valence-corrected chi connectivity index (χ2v) is 5.67. The van der Waals surface area contributed by atoms with E-state index in [4.69, 9.17) is 0 Å². The monoisotopic (exact) mass is 297 g/mol. The van der Waals surface area contributed by atoms with Crippen LogP contribution in [0.2, 0.25) is 0 Å². The maximum atomic E-state index is 11.3. The van der Waals surface area contributed by atoms with Gasteiger partial charge in [0.1, 0.15) is 6.33 Å². The van der Waals surface area contributed by atoms with Crippen molar-refractivity contribution in [1.82, 2.24) is 14.9 Å². The molecule has 0 spiro atoms. The Hall–Kier alpha value is -2.27. The maximum Gasteiger partial charge on any atom is 0.336 e. The summed E-state index contributed by atoms with van der Waals surface area (Å²) in [6.07, 6.45) is 5.59. The highest BCUT2D eigenvalue weighted by atomic mass is 16.4. The molecule has 114 valence electrons. The molecule has 1 aromatic carbocycles. The Balaban J connectivity index is 1.72. The van der Waals surface area contributed by atoms with Crippen molar-refractivity contribution in [2.45, 2.75) is 25.3 Å². The molecule has 0 bridgehead atoms. The fourth-order valence-corrected chi connectivity index (χ4v) is 3.09. The van der Waals surface area contributed by atoms with Crippen LogP contribution >= 0.6 is 0 Å². The van der Waals surface area contributed by atoms with Crippen molar-refractivity contribution in [1.29, 1.82) is 0 Å². The van der Waals surface area contributed by atoms with Crippen molar-refractivity contribution in [3.63, 3.8) is 0 Å². The number of rotatable bonds is 4. The lowest BCUT2D eigenvalue weighted by Gasteiger charge is -2.32. The van der Waals surface area contributed by atoms with Crippen LogP contribution in [-0.4, -0.2) is 39.0 Å². The predicted octanol–water partition coefficient (Wildman–Crippen LogP) is 2.55. The van der Waals surface area contributed by atoms with Gasteiger partial charge in [-0.1, -0.05) is 18.2 Å². The smallest absolute Gasteiger partial charge is 0.336 e. The SMILES string of the molecule is O=C(O)c1ccccc1CN1CCC[C@H](c2ccncn2)C1. The molecule has 0 saturated carbocycles. The lowest BCUT2D eigenvalue weighted by Crippen LogP contribution is -2.34. The molecule has 1 aliphatic rings. The van der Waals surface area contributed by atoms with Crippen molar-refractivity contribution in [2.24, 2.45) is 0 Å². The molecule has 1 aromatic heterocycles. The topological polar surface area (TPSA) is 66.3 Å². The third kappa shape index (κ3) is 3.31. The van der Waals surface area contributed by atoms with Crippen LogP contribution < -0.4 is 0 Å². The van der Waals surface area contributed by atoms with E-state index in [1.165, 1.54) is 0 Å². The van der Waals surface area contributed by atoms with E-state index >= 15 is 0 Å². The average Bonchev–Trinajstić information content (AvgIpc) is 2.56. The molecule has 1 aliphatic heterocycles. The van der Waals surface area contributed by atoms with Gasteiger partial charge in [0, 0.05) is 30.9 Å². The summed E-state index contributed by atoms with van der Waals surface area (Å²) in [6, 6.07) is 9.21. The molecule has 3 rings (SSSR count). The maximum absolute atomic E-state index is 11.3. The van der Waals surface area contributed by atoms with E-state index < -0.39 is 5.97 Å². The fourth-order valence-electron chi connectivity index (χ4n) is 3.09. The fraction of sp³-hybridized carbons (Fsp3) is 0.353. The van der Waals surface area contributed by atoms with Crippen LogP contribution in [0.1, 0.15) is 40.4 Å². The van der Waals surface area contributed by atoms with E-state index in [1.807, 2.05) is 18.2 Å². The van der Waals surface area contributed by atoms with Crippen LogP contribution in [0.25, 0.3) is 0 Å². The van der Waals surface area contributed by atoms with Gasteiger partial charge in [-0.2, -0.15) is 0 Å². The summed E-state index contributed by atoms with van der Waals surface area (Å²) in [7, 11) is 0. The summed E-state index contributed by atoms with van der Waals surface area (Å²) in [6.45, 7) is 2.57. The van der Waals surface area contributed by atoms with E-state index in [9.17, 15) is 9.90 Å². The van der Waals surface area contributed by atoms with E-state index in [0.29, 0.717) is 18.0 Å². The second kappa shape index (κ2) is 6.66. The van der Waals surface area contributed by atoms with E-state index in [2.05, 4.69) is 14.9 Å². The largest absolute Gasteiger partial charge is 0.478 e. The van der Waals surface area contributed by atoms with Crippen LogP contribution in [-0.2, 0) is 6.54 Å². The van der Waals surface area contributed by atoms with Crippen LogP contribution in [0, 0.1) is 0 Å². The Kier molecular flexibility index (Phi) is 4.44. The average molecular weight is 297 g/mol. The minimum atomic E-state index is -0.861. The summed E-state index contributed by atoms with van der Waals surface area (Å²) in [4.78, 5) is 22.0. The van der Waals surface area contributed by atoms with Crippen LogP contribution in [0.15, 0.2) is 42.9 Å². The molecule has 22 heavy (non-hydrogen) atoms. The Morgan fingerprint density at radius 1 is 1.32 bits per heavy atom. The van der Waals surface area contributed by atoms with Gasteiger partial charge in [0.05, 0.1) is 5.56 Å². The van der Waals surface area contributed by atoms with Gasteiger partial charge in [0.15, 0.2) is 0 Å². The molecule has 2 heterocycles. The van der Waals surface area contributed by atoms with Gasteiger partial charge in [0.25, 0.3) is 0 Å². The second-order valence-electron chi connectivity index (χ2n) is 5.67. The van der Waals surface area contributed by atoms with Gasteiger partial charge >= 0.3 is 5.97 Å². The Morgan fingerprint density at radius 2 is 2.18 bits per heavy atom. The number of carboxylic acid groups (broad SMARTS) is 1. The number of piperidine rings is 1. The Bertz CT molecular complexity index is 645. The Morgan fingerprint density at radius 3 is 2.95 bits per heavy atom. The first kappa shape index (κ1) is 14.7. The molecule has 1 atom stereocenters. The number of hydrogen-bond donors (Lipinski definition) is 1.